The van der Waals surface area contributed by atoms with E-state index < -0.39 is 0 Å². The first-order valence-corrected chi connectivity index (χ1v) is 9.67. The van der Waals surface area contributed by atoms with Crippen LogP contribution in [0.25, 0.3) is 10.9 Å². The highest BCUT2D eigenvalue weighted by atomic mass is 16.5. The van der Waals surface area contributed by atoms with E-state index in [0.29, 0.717) is 6.10 Å². The SMILES string of the molecule is Cn1ccc2c(OC3CCN(Cc4noc5c4CCC5)CC3)cccc21. The van der Waals surface area contributed by atoms with Gasteiger partial charge in [-0.3, -0.25) is 4.90 Å². The summed E-state index contributed by atoms with van der Waals surface area (Å²) >= 11 is 0. The lowest BCUT2D eigenvalue weighted by atomic mass is 10.1. The Bertz CT molecular complexity index is 919. The largest absolute Gasteiger partial charge is 0.490 e. The molecule has 0 saturated carbocycles. The molecule has 5 nitrogen and oxygen atoms in total. The molecule has 3 aromatic rings. The minimum atomic E-state index is 0.292. The molecule has 0 spiro atoms. The van der Waals surface area contributed by atoms with Gasteiger partial charge in [-0.1, -0.05) is 11.2 Å². The van der Waals surface area contributed by atoms with Crippen molar-refractivity contribution in [3.63, 3.8) is 0 Å². The van der Waals surface area contributed by atoms with E-state index in [4.69, 9.17) is 9.26 Å². The van der Waals surface area contributed by atoms with Gasteiger partial charge in [0.25, 0.3) is 0 Å². The lowest BCUT2D eigenvalue weighted by Gasteiger charge is -2.31. The van der Waals surface area contributed by atoms with Crippen LogP contribution in [-0.4, -0.2) is 33.8 Å². The Morgan fingerprint density at radius 2 is 2.08 bits per heavy atom. The molecule has 0 bridgehead atoms. The Balaban J connectivity index is 1.21. The van der Waals surface area contributed by atoms with Gasteiger partial charge in [0.05, 0.1) is 5.52 Å². The van der Waals surface area contributed by atoms with Gasteiger partial charge < -0.3 is 13.8 Å². The summed E-state index contributed by atoms with van der Waals surface area (Å²) in [7, 11) is 2.07. The Morgan fingerprint density at radius 1 is 1.19 bits per heavy atom. The molecule has 0 amide bonds. The Kier molecular flexibility index (Phi) is 3.97. The molecule has 1 aromatic carbocycles. The maximum absolute atomic E-state index is 6.37. The van der Waals surface area contributed by atoms with E-state index in [-0.39, 0.29) is 0 Å². The molecule has 2 aromatic heterocycles. The van der Waals surface area contributed by atoms with E-state index in [2.05, 4.69) is 52.1 Å². The minimum absolute atomic E-state index is 0.292. The van der Waals surface area contributed by atoms with Crippen LogP contribution in [0.3, 0.4) is 0 Å². The lowest BCUT2D eigenvalue weighted by Crippen LogP contribution is -2.38. The van der Waals surface area contributed by atoms with Gasteiger partial charge in [-0.05, 0) is 43.9 Å². The Morgan fingerprint density at radius 3 is 2.96 bits per heavy atom. The second-order valence-corrected chi connectivity index (χ2v) is 7.59. The molecule has 136 valence electrons. The quantitative estimate of drug-likeness (QED) is 0.719. The van der Waals surface area contributed by atoms with Gasteiger partial charge in [0.2, 0.25) is 0 Å². The monoisotopic (exact) mass is 351 g/mol. The standard InChI is InChI=1S/C21H25N3O2/c1-23-11-10-17-19(23)5-3-6-20(17)25-15-8-12-24(13-9-15)14-18-16-4-2-7-21(16)26-22-18/h3,5-6,10-11,15H,2,4,7-9,12-14H2,1H3. The van der Waals surface area contributed by atoms with Crippen molar-refractivity contribution in [1.29, 1.82) is 0 Å². The molecule has 1 fully saturated rings. The average molecular weight is 351 g/mol. The van der Waals surface area contributed by atoms with Crippen LogP contribution in [0.15, 0.2) is 35.0 Å². The zero-order valence-corrected chi connectivity index (χ0v) is 15.3. The number of hydrogen-bond donors (Lipinski definition) is 0. The molecule has 5 rings (SSSR count). The van der Waals surface area contributed by atoms with E-state index in [1.165, 1.54) is 22.9 Å². The zero-order valence-electron chi connectivity index (χ0n) is 15.3. The maximum Gasteiger partial charge on any atom is 0.140 e. The lowest BCUT2D eigenvalue weighted by molar-refractivity contribution is 0.0965. The van der Waals surface area contributed by atoms with Crippen molar-refractivity contribution >= 4 is 10.9 Å². The Labute approximate surface area is 153 Å². The van der Waals surface area contributed by atoms with Crippen molar-refractivity contribution in [3.05, 3.63) is 47.5 Å². The van der Waals surface area contributed by atoms with Crippen molar-refractivity contribution in [2.24, 2.45) is 7.05 Å². The van der Waals surface area contributed by atoms with Crippen molar-refractivity contribution in [1.82, 2.24) is 14.6 Å². The van der Waals surface area contributed by atoms with Gasteiger partial charge in [-0.2, -0.15) is 0 Å². The first-order valence-electron chi connectivity index (χ1n) is 9.67. The highest BCUT2D eigenvalue weighted by Gasteiger charge is 2.26. The fourth-order valence-corrected chi connectivity index (χ4v) is 4.37. The van der Waals surface area contributed by atoms with Crippen LogP contribution in [0, 0.1) is 0 Å². The average Bonchev–Trinajstić information content (AvgIpc) is 3.36. The Hall–Kier alpha value is -2.27. The van der Waals surface area contributed by atoms with Crippen LogP contribution in [-0.2, 0) is 26.4 Å². The van der Waals surface area contributed by atoms with Crippen LogP contribution in [0.4, 0.5) is 0 Å². The highest BCUT2D eigenvalue weighted by Crippen LogP contribution is 2.30. The molecule has 1 saturated heterocycles. The molecular formula is C21H25N3O2. The summed E-state index contributed by atoms with van der Waals surface area (Å²) in [5.41, 5.74) is 3.75. The van der Waals surface area contributed by atoms with Crippen molar-refractivity contribution in [3.8, 4) is 5.75 Å². The highest BCUT2D eigenvalue weighted by molar-refractivity contribution is 5.86. The third kappa shape index (κ3) is 2.80. The first kappa shape index (κ1) is 15.9. The number of nitrogens with zero attached hydrogens (tertiary/aromatic N) is 3. The van der Waals surface area contributed by atoms with Crippen LogP contribution < -0.4 is 4.74 Å². The van der Waals surface area contributed by atoms with Gasteiger partial charge in [0, 0.05) is 50.2 Å². The van der Waals surface area contributed by atoms with E-state index in [1.54, 1.807) is 0 Å². The van der Waals surface area contributed by atoms with Crippen LogP contribution >= 0.6 is 0 Å². The van der Waals surface area contributed by atoms with E-state index in [0.717, 1.165) is 62.5 Å². The predicted octanol–water partition coefficient (Wildman–Crippen LogP) is 3.70. The summed E-state index contributed by atoms with van der Waals surface area (Å²) in [6.45, 7) is 3.02. The number of hydrogen-bond acceptors (Lipinski definition) is 4. The van der Waals surface area contributed by atoms with Crippen molar-refractivity contribution in [2.45, 2.75) is 44.8 Å². The van der Waals surface area contributed by atoms with Crippen LogP contribution in [0.2, 0.25) is 0 Å². The number of ether oxygens (including phenoxy) is 1. The van der Waals surface area contributed by atoms with Gasteiger partial charge in [0.15, 0.2) is 0 Å². The second kappa shape index (κ2) is 6.47. The van der Waals surface area contributed by atoms with E-state index in [9.17, 15) is 0 Å². The predicted molar refractivity (Wildman–Crippen MR) is 100 cm³/mol. The molecule has 5 heteroatoms. The fourth-order valence-electron chi connectivity index (χ4n) is 4.37. The summed E-state index contributed by atoms with van der Waals surface area (Å²) in [6, 6.07) is 8.46. The smallest absolute Gasteiger partial charge is 0.140 e. The number of likely N-dealkylation sites (tertiary alicyclic amines) is 1. The summed E-state index contributed by atoms with van der Waals surface area (Å²) in [5, 5.41) is 5.51. The van der Waals surface area contributed by atoms with Gasteiger partial charge in [-0.15, -0.1) is 0 Å². The van der Waals surface area contributed by atoms with E-state index >= 15 is 0 Å². The van der Waals surface area contributed by atoms with Crippen LogP contribution in [0.5, 0.6) is 5.75 Å². The number of benzene rings is 1. The van der Waals surface area contributed by atoms with Gasteiger partial charge in [0.1, 0.15) is 23.3 Å². The van der Waals surface area contributed by atoms with Crippen molar-refractivity contribution in [2.75, 3.05) is 13.1 Å². The maximum atomic E-state index is 6.37. The third-order valence-electron chi connectivity index (χ3n) is 5.87. The number of aryl methyl sites for hydroxylation is 2. The summed E-state index contributed by atoms with van der Waals surface area (Å²) in [5.74, 6) is 2.13. The topological polar surface area (TPSA) is 43.4 Å². The summed E-state index contributed by atoms with van der Waals surface area (Å²) in [6.07, 6.45) is 7.91. The number of fused-ring (bicyclic) bond motifs is 2. The molecule has 3 heterocycles. The fraction of sp³-hybridized carbons (Fsp3) is 0.476. The summed E-state index contributed by atoms with van der Waals surface area (Å²) in [4.78, 5) is 2.49. The van der Waals surface area contributed by atoms with Crippen molar-refractivity contribution < 1.29 is 9.26 Å². The molecule has 1 aliphatic carbocycles. The molecule has 0 radical (unpaired) electrons. The molecule has 1 aliphatic heterocycles. The molecule has 0 unspecified atom stereocenters. The van der Waals surface area contributed by atoms with Gasteiger partial charge >= 0.3 is 0 Å². The number of piperidine rings is 1. The zero-order chi connectivity index (χ0) is 17.5. The van der Waals surface area contributed by atoms with Gasteiger partial charge in [-0.25, -0.2) is 0 Å². The van der Waals surface area contributed by atoms with Crippen LogP contribution in [0.1, 0.15) is 36.3 Å². The normalized spacial score (nSPS) is 18.5. The molecule has 0 atom stereocenters. The minimum Gasteiger partial charge on any atom is -0.490 e. The molecule has 2 aliphatic rings. The molecule has 26 heavy (non-hydrogen) atoms. The summed E-state index contributed by atoms with van der Waals surface area (Å²) < 4.78 is 14.0. The number of rotatable bonds is 4. The molecular weight excluding hydrogens is 326 g/mol. The third-order valence-corrected chi connectivity index (χ3v) is 5.87. The molecule has 0 N–H and O–H groups in total. The number of aromatic nitrogens is 2. The first-order chi connectivity index (χ1) is 12.8. The second-order valence-electron chi connectivity index (χ2n) is 7.59. The van der Waals surface area contributed by atoms with E-state index in [1.807, 2.05) is 0 Å².